The monoisotopic (exact) mass is 486 g/mol. The van der Waals surface area contributed by atoms with E-state index in [9.17, 15) is 13.2 Å². The number of hydrogen-bond acceptors (Lipinski definition) is 6. The number of ether oxygens (including phenoxy) is 2. The van der Waals surface area contributed by atoms with Crippen molar-refractivity contribution in [2.75, 3.05) is 33.2 Å². The van der Waals surface area contributed by atoms with Gasteiger partial charge in [-0.3, -0.25) is 9.63 Å². The van der Waals surface area contributed by atoms with Crippen LogP contribution in [-0.2, 0) is 14.9 Å². The van der Waals surface area contributed by atoms with E-state index >= 15 is 0 Å². The number of hydroxylamine groups is 1. The molecule has 0 aliphatic rings. The zero-order valence-corrected chi connectivity index (χ0v) is 19.0. The molecular weight excluding hydrogens is 464 g/mol. The molecule has 0 heterocycles. The minimum absolute atomic E-state index is 0.0432. The summed E-state index contributed by atoms with van der Waals surface area (Å²) in [5.74, 6) is 0.584. The Morgan fingerprint density at radius 2 is 1.83 bits per heavy atom. The smallest absolute Gasteiger partial charge is 0.264 e. The number of benzene rings is 2. The quantitative estimate of drug-likeness (QED) is 0.543. The molecule has 29 heavy (non-hydrogen) atoms. The lowest BCUT2D eigenvalue weighted by Crippen LogP contribution is -2.25. The number of nitrogens with one attached hydrogen (secondary N) is 1. The summed E-state index contributed by atoms with van der Waals surface area (Å²) >= 11 is 3.41. The maximum Gasteiger partial charge on any atom is 0.264 e. The standard InChI is InChI=1S/C19H23BrN2O6S/c1-5-10-28-18-16(20)11-13(12-17(18)26-3)19(23)21-14-6-8-15(9-7-14)29(24,25)22(2)27-4/h6-9,11-12H,5,10H2,1-4H3,(H,21,23). The molecule has 1 N–H and O–H groups in total. The molecule has 2 aromatic carbocycles. The lowest BCUT2D eigenvalue weighted by atomic mass is 10.1. The van der Waals surface area contributed by atoms with Crippen molar-refractivity contribution >= 4 is 37.5 Å². The predicted octanol–water partition coefficient (Wildman–Crippen LogP) is 3.68. The van der Waals surface area contributed by atoms with Crippen LogP contribution in [0.1, 0.15) is 23.7 Å². The molecule has 0 fully saturated rings. The molecule has 1 amide bonds. The molecule has 0 saturated carbocycles. The number of sulfonamides is 1. The van der Waals surface area contributed by atoms with Gasteiger partial charge >= 0.3 is 0 Å². The molecule has 0 aliphatic carbocycles. The minimum atomic E-state index is -3.75. The van der Waals surface area contributed by atoms with Gasteiger partial charge in [-0.2, -0.15) is 0 Å². The second-order valence-electron chi connectivity index (χ2n) is 5.91. The van der Waals surface area contributed by atoms with Gasteiger partial charge in [0.2, 0.25) is 0 Å². The van der Waals surface area contributed by atoms with E-state index < -0.39 is 10.0 Å². The minimum Gasteiger partial charge on any atom is -0.493 e. The lowest BCUT2D eigenvalue weighted by molar-refractivity contribution is -0.0258. The van der Waals surface area contributed by atoms with Crippen LogP contribution in [0.4, 0.5) is 5.69 Å². The van der Waals surface area contributed by atoms with Gasteiger partial charge in [-0.15, -0.1) is 0 Å². The van der Waals surface area contributed by atoms with Crippen molar-refractivity contribution in [1.82, 2.24) is 4.47 Å². The van der Waals surface area contributed by atoms with E-state index in [1.807, 2.05) is 6.92 Å². The first kappa shape index (κ1) is 23.1. The number of hydrogen-bond donors (Lipinski definition) is 1. The lowest BCUT2D eigenvalue weighted by Gasteiger charge is -2.15. The Labute approximate surface area is 178 Å². The highest BCUT2D eigenvalue weighted by Crippen LogP contribution is 2.37. The maximum absolute atomic E-state index is 12.6. The molecule has 0 atom stereocenters. The molecule has 10 heteroatoms. The van der Waals surface area contributed by atoms with Crippen molar-refractivity contribution in [3.63, 3.8) is 0 Å². The average Bonchev–Trinajstić information content (AvgIpc) is 2.71. The van der Waals surface area contributed by atoms with Crippen molar-refractivity contribution in [2.45, 2.75) is 18.2 Å². The molecule has 0 aliphatic heterocycles. The Morgan fingerprint density at radius 1 is 1.17 bits per heavy atom. The van der Waals surface area contributed by atoms with Crippen LogP contribution in [0.2, 0.25) is 0 Å². The highest BCUT2D eigenvalue weighted by molar-refractivity contribution is 9.10. The average molecular weight is 487 g/mol. The van der Waals surface area contributed by atoms with Crippen molar-refractivity contribution < 1.29 is 27.5 Å². The molecule has 0 aromatic heterocycles. The number of amides is 1. The van der Waals surface area contributed by atoms with E-state index in [1.54, 1.807) is 12.1 Å². The van der Waals surface area contributed by atoms with E-state index in [0.717, 1.165) is 10.9 Å². The highest BCUT2D eigenvalue weighted by atomic mass is 79.9. The maximum atomic E-state index is 12.6. The van der Waals surface area contributed by atoms with E-state index in [2.05, 4.69) is 21.2 Å². The largest absolute Gasteiger partial charge is 0.493 e. The number of rotatable bonds is 9. The van der Waals surface area contributed by atoms with Gasteiger partial charge in [0, 0.05) is 18.3 Å². The van der Waals surface area contributed by atoms with Crippen LogP contribution in [0.25, 0.3) is 0 Å². The summed E-state index contributed by atoms with van der Waals surface area (Å²) in [5.41, 5.74) is 0.795. The van der Waals surface area contributed by atoms with Crippen LogP contribution in [0, 0.1) is 0 Å². The Kier molecular flexibility index (Phi) is 8.03. The number of anilines is 1. The highest BCUT2D eigenvalue weighted by Gasteiger charge is 2.21. The fourth-order valence-corrected chi connectivity index (χ4v) is 3.88. The van der Waals surface area contributed by atoms with Gasteiger partial charge in [0.25, 0.3) is 15.9 Å². The summed E-state index contributed by atoms with van der Waals surface area (Å²) < 4.78 is 36.8. The van der Waals surface area contributed by atoms with Crippen LogP contribution in [0.15, 0.2) is 45.8 Å². The van der Waals surface area contributed by atoms with Crippen LogP contribution in [0.3, 0.4) is 0 Å². The fourth-order valence-electron chi connectivity index (χ4n) is 2.36. The van der Waals surface area contributed by atoms with Crippen LogP contribution in [0.5, 0.6) is 11.5 Å². The zero-order chi connectivity index (χ0) is 21.6. The number of nitrogens with zero attached hydrogens (tertiary/aromatic N) is 1. The molecule has 0 radical (unpaired) electrons. The number of carbonyl (C=O) groups excluding carboxylic acids is 1. The normalized spacial score (nSPS) is 11.4. The number of halogens is 1. The van der Waals surface area contributed by atoms with Crippen molar-refractivity contribution in [2.24, 2.45) is 0 Å². The van der Waals surface area contributed by atoms with E-state index in [1.165, 1.54) is 45.5 Å². The summed E-state index contributed by atoms with van der Waals surface area (Å²) in [7, 11) is 0.303. The van der Waals surface area contributed by atoms with Crippen molar-refractivity contribution in [3.05, 3.63) is 46.4 Å². The van der Waals surface area contributed by atoms with E-state index in [0.29, 0.717) is 33.8 Å². The number of methoxy groups -OCH3 is 1. The molecule has 2 rings (SSSR count). The van der Waals surface area contributed by atoms with Crippen LogP contribution < -0.4 is 14.8 Å². The van der Waals surface area contributed by atoms with Crippen molar-refractivity contribution in [3.8, 4) is 11.5 Å². The molecule has 2 aromatic rings. The van der Waals surface area contributed by atoms with E-state index in [-0.39, 0.29) is 10.8 Å². The van der Waals surface area contributed by atoms with E-state index in [4.69, 9.17) is 14.3 Å². The Morgan fingerprint density at radius 3 is 2.38 bits per heavy atom. The van der Waals surface area contributed by atoms with Gasteiger partial charge in [-0.1, -0.05) is 11.4 Å². The molecule has 0 saturated heterocycles. The summed E-state index contributed by atoms with van der Waals surface area (Å²) in [4.78, 5) is 17.4. The predicted molar refractivity (Wildman–Crippen MR) is 113 cm³/mol. The first-order valence-corrected chi connectivity index (χ1v) is 10.9. The second-order valence-corrected chi connectivity index (χ2v) is 8.70. The second kappa shape index (κ2) is 10.1. The summed E-state index contributed by atoms with van der Waals surface area (Å²) in [6.45, 7) is 2.51. The first-order chi connectivity index (χ1) is 13.7. The van der Waals surface area contributed by atoms with Gasteiger partial charge in [0.1, 0.15) is 0 Å². The molecule has 0 spiro atoms. The summed E-state index contributed by atoms with van der Waals surface area (Å²) in [5, 5.41) is 2.73. The topological polar surface area (TPSA) is 94.2 Å². The Bertz CT molecular complexity index is 963. The molecule has 0 bridgehead atoms. The summed E-state index contributed by atoms with van der Waals surface area (Å²) in [6.07, 6.45) is 0.837. The third kappa shape index (κ3) is 5.47. The number of carbonyl (C=O) groups is 1. The first-order valence-electron chi connectivity index (χ1n) is 8.69. The molecule has 158 valence electrons. The van der Waals surface area contributed by atoms with Gasteiger partial charge in [0.15, 0.2) is 11.5 Å². The SMILES string of the molecule is CCCOc1c(Br)cc(C(=O)Nc2ccc(S(=O)(=O)N(C)OC)cc2)cc1OC. The molecular formula is C19H23BrN2O6S. The van der Waals surface area contributed by atoms with Crippen molar-refractivity contribution in [1.29, 1.82) is 0 Å². The third-order valence-corrected chi connectivity index (χ3v) is 6.23. The van der Waals surface area contributed by atoms with Gasteiger partial charge < -0.3 is 14.8 Å². The summed E-state index contributed by atoms with van der Waals surface area (Å²) in [6, 6.07) is 8.99. The van der Waals surface area contributed by atoms with Gasteiger partial charge in [0.05, 0.1) is 30.2 Å². The van der Waals surface area contributed by atoms with Gasteiger partial charge in [-0.25, -0.2) is 8.42 Å². The third-order valence-electron chi connectivity index (χ3n) is 3.95. The van der Waals surface area contributed by atoms with Gasteiger partial charge in [-0.05, 0) is 58.7 Å². The van der Waals surface area contributed by atoms with Crippen LogP contribution in [-0.4, -0.2) is 46.7 Å². The Hall–Kier alpha value is -2.14. The van der Waals surface area contributed by atoms with Crippen LogP contribution >= 0.6 is 15.9 Å². The fraction of sp³-hybridized carbons (Fsp3) is 0.316. The Balaban J connectivity index is 2.21. The molecule has 8 nitrogen and oxygen atoms in total. The molecule has 0 unspecified atom stereocenters. The zero-order valence-electron chi connectivity index (χ0n) is 16.6.